The third-order valence-corrected chi connectivity index (χ3v) is 5.57. The van der Waals surface area contributed by atoms with Crippen molar-refractivity contribution in [2.45, 2.75) is 19.8 Å². The maximum absolute atomic E-state index is 13.2. The Bertz CT molecular complexity index is 1190. The summed E-state index contributed by atoms with van der Waals surface area (Å²) in [6.07, 6.45) is 3.49. The molecule has 31 heavy (non-hydrogen) atoms. The van der Waals surface area contributed by atoms with Crippen LogP contribution in [0.4, 0.5) is 11.4 Å². The van der Waals surface area contributed by atoms with Gasteiger partial charge in [-0.25, -0.2) is 0 Å². The Labute approximate surface area is 179 Å². The number of nitrogens with zero attached hydrogens (tertiary/aromatic N) is 2. The number of ether oxygens (including phenoxy) is 2. The summed E-state index contributed by atoms with van der Waals surface area (Å²) in [6, 6.07) is 14.5. The van der Waals surface area contributed by atoms with Gasteiger partial charge < -0.3 is 15.2 Å². The summed E-state index contributed by atoms with van der Waals surface area (Å²) in [7, 11) is 0. The third-order valence-electron chi connectivity index (χ3n) is 5.57. The number of fused-ring (bicyclic) bond motifs is 1. The molecule has 1 fully saturated rings. The number of aryl methyl sites for hydroxylation is 1. The topological polar surface area (TPSA) is 94.8 Å². The number of rotatable bonds is 5. The van der Waals surface area contributed by atoms with Crippen LogP contribution < -0.4 is 20.1 Å². The fourth-order valence-corrected chi connectivity index (χ4v) is 3.69. The smallest absolute Gasteiger partial charge is 0.248 e. The minimum Gasteiger partial charge on any atom is -0.454 e. The Morgan fingerprint density at radius 1 is 1.00 bits per heavy atom. The molecule has 2 heterocycles. The summed E-state index contributed by atoms with van der Waals surface area (Å²) in [6.45, 7) is 2.08. The lowest BCUT2D eigenvalue weighted by Crippen LogP contribution is -2.27. The number of hydrogen-bond donors (Lipinski definition) is 1. The zero-order chi connectivity index (χ0) is 21.5. The molecule has 3 aromatic rings. The summed E-state index contributed by atoms with van der Waals surface area (Å²) in [5.41, 5.74) is 9.77. The van der Waals surface area contributed by atoms with E-state index in [0.29, 0.717) is 28.4 Å². The van der Waals surface area contributed by atoms with Crippen LogP contribution in [-0.2, 0) is 4.79 Å². The molecule has 0 unspecified atom stereocenters. The fraction of sp³-hybridized carbons (Fsp3) is 0.208. The van der Waals surface area contributed by atoms with Crippen molar-refractivity contribution >= 4 is 23.2 Å². The Morgan fingerprint density at radius 2 is 1.74 bits per heavy atom. The van der Waals surface area contributed by atoms with Crippen molar-refractivity contribution < 1.29 is 19.1 Å². The standard InChI is InChI=1S/C24H21N3O4/c1-14-20(15-2-4-16(5-3-15)23(25)28)10-19(12-26-14)27(24(29)17-6-7-17)18-8-9-21-22(11-18)31-13-30-21/h2-5,8-12,17H,6-7,13H2,1H3,(H2,25,28). The third kappa shape index (κ3) is 3.59. The molecular weight excluding hydrogens is 394 g/mol. The molecule has 0 spiro atoms. The number of carbonyl (C=O) groups is 2. The molecule has 7 heteroatoms. The number of carbonyl (C=O) groups excluding carboxylic acids is 2. The predicted octanol–water partition coefficient (Wildman–Crippen LogP) is 3.96. The number of nitrogens with two attached hydrogens (primary N) is 1. The normalized spacial score (nSPS) is 14.4. The van der Waals surface area contributed by atoms with Gasteiger partial charge in [-0.2, -0.15) is 0 Å². The molecule has 2 amide bonds. The summed E-state index contributed by atoms with van der Waals surface area (Å²) < 4.78 is 10.9. The van der Waals surface area contributed by atoms with Crippen LogP contribution in [-0.4, -0.2) is 23.6 Å². The van der Waals surface area contributed by atoms with E-state index in [-0.39, 0.29) is 18.6 Å². The van der Waals surface area contributed by atoms with Crippen LogP contribution in [0.5, 0.6) is 11.5 Å². The van der Waals surface area contributed by atoms with Crippen LogP contribution in [0.2, 0.25) is 0 Å². The SMILES string of the molecule is Cc1ncc(N(C(=O)C2CC2)c2ccc3c(c2)OCO3)cc1-c1ccc(C(N)=O)cc1. The van der Waals surface area contributed by atoms with Crippen LogP contribution >= 0.6 is 0 Å². The number of hydrogen-bond acceptors (Lipinski definition) is 5. The number of benzene rings is 2. The molecule has 0 atom stereocenters. The van der Waals surface area contributed by atoms with E-state index in [0.717, 1.165) is 29.7 Å². The van der Waals surface area contributed by atoms with Gasteiger partial charge in [0, 0.05) is 28.8 Å². The van der Waals surface area contributed by atoms with E-state index in [4.69, 9.17) is 15.2 Å². The van der Waals surface area contributed by atoms with Crippen molar-refractivity contribution in [3.05, 3.63) is 66.0 Å². The first-order chi connectivity index (χ1) is 15.0. The Kier molecular flexibility index (Phi) is 4.58. The molecule has 2 aromatic carbocycles. The Morgan fingerprint density at radius 3 is 2.45 bits per heavy atom. The van der Waals surface area contributed by atoms with E-state index in [1.165, 1.54) is 0 Å². The first-order valence-corrected chi connectivity index (χ1v) is 10.1. The van der Waals surface area contributed by atoms with Crippen LogP contribution in [0.15, 0.2) is 54.7 Å². The van der Waals surface area contributed by atoms with Crippen molar-refractivity contribution in [2.24, 2.45) is 11.7 Å². The van der Waals surface area contributed by atoms with Crippen molar-refractivity contribution in [2.75, 3.05) is 11.7 Å². The van der Waals surface area contributed by atoms with E-state index >= 15 is 0 Å². The van der Waals surface area contributed by atoms with E-state index < -0.39 is 5.91 Å². The molecule has 0 bridgehead atoms. The van der Waals surface area contributed by atoms with E-state index in [1.54, 1.807) is 23.2 Å². The lowest BCUT2D eigenvalue weighted by molar-refractivity contribution is -0.119. The maximum Gasteiger partial charge on any atom is 0.248 e. The second kappa shape index (κ2) is 7.43. The molecule has 0 radical (unpaired) electrons. The molecule has 7 nitrogen and oxygen atoms in total. The van der Waals surface area contributed by atoms with Gasteiger partial charge in [0.15, 0.2) is 11.5 Å². The monoisotopic (exact) mass is 415 g/mol. The van der Waals surface area contributed by atoms with Crippen molar-refractivity contribution in [3.8, 4) is 22.6 Å². The number of anilines is 2. The molecule has 1 saturated carbocycles. The largest absolute Gasteiger partial charge is 0.454 e. The van der Waals surface area contributed by atoms with Gasteiger partial charge in [0.2, 0.25) is 18.6 Å². The molecule has 2 aliphatic rings. The molecular formula is C24H21N3O4. The van der Waals surface area contributed by atoms with Crippen LogP contribution in [0.25, 0.3) is 11.1 Å². The molecule has 1 aliphatic carbocycles. The molecule has 0 saturated heterocycles. The van der Waals surface area contributed by atoms with Crippen LogP contribution in [0, 0.1) is 12.8 Å². The average Bonchev–Trinajstić information content (AvgIpc) is 3.52. The van der Waals surface area contributed by atoms with Gasteiger partial charge in [0.05, 0.1) is 17.6 Å². The van der Waals surface area contributed by atoms with Gasteiger partial charge in [-0.1, -0.05) is 12.1 Å². The van der Waals surface area contributed by atoms with E-state index in [9.17, 15) is 9.59 Å². The van der Waals surface area contributed by atoms with Gasteiger partial charge in [0.25, 0.3) is 0 Å². The second-order valence-corrected chi connectivity index (χ2v) is 7.75. The lowest BCUT2D eigenvalue weighted by Gasteiger charge is -2.24. The predicted molar refractivity (Wildman–Crippen MR) is 115 cm³/mol. The van der Waals surface area contributed by atoms with E-state index in [2.05, 4.69) is 4.98 Å². The van der Waals surface area contributed by atoms with Gasteiger partial charge in [-0.05, 0) is 55.7 Å². The fourth-order valence-electron chi connectivity index (χ4n) is 3.69. The average molecular weight is 415 g/mol. The quantitative estimate of drug-likeness (QED) is 0.681. The highest BCUT2D eigenvalue weighted by Gasteiger charge is 2.35. The van der Waals surface area contributed by atoms with Crippen molar-refractivity contribution in [1.82, 2.24) is 4.98 Å². The first-order valence-electron chi connectivity index (χ1n) is 10.1. The van der Waals surface area contributed by atoms with Crippen molar-refractivity contribution in [1.29, 1.82) is 0 Å². The number of aromatic nitrogens is 1. The lowest BCUT2D eigenvalue weighted by atomic mass is 10.0. The number of primary amides is 1. The molecule has 5 rings (SSSR count). The summed E-state index contributed by atoms with van der Waals surface area (Å²) in [5.74, 6) is 0.872. The van der Waals surface area contributed by atoms with Crippen LogP contribution in [0.3, 0.4) is 0 Å². The highest BCUT2D eigenvalue weighted by molar-refractivity contribution is 6.03. The van der Waals surface area contributed by atoms with E-state index in [1.807, 2.05) is 43.3 Å². The van der Waals surface area contributed by atoms with Crippen molar-refractivity contribution in [3.63, 3.8) is 0 Å². The highest BCUT2D eigenvalue weighted by atomic mass is 16.7. The highest BCUT2D eigenvalue weighted by Crippen LogP contribution is 2.41. The Hall–Kier alpha value is -3.87. The van der Waals surface area contributed by atoms with Gasteiger partial charge >= 0.3 is 0 Å². The summed E-state index contributed by atoms with van der Waals surface area (Å²) in [5, 5.41) is 0. The molecule has 2 N–H and O–H groups in total. The second-order valence-electron chi connectivity index (χ2n) is 7.75. The summed E-state index contributed by atoms with van der Waals surface area (Å²) >= 11 is 0. The first kappa shape index (κ1) is 19.1. The molecule has 156 valence electrons. The van der Waals surface area contributed by atoms with Gasteiger partial charge in [-0.15, -0.1) is 0 Å². The summed E-state index contributed by atoms with van der Waals surface area (Å²) in [4.78, 5) is 30.9. The maximum atomic E-state index is 13.2. The number of pyridine rings is 1. The van der Waals surface area contributed by atoms with Crippen LogP contribution in [0.1, 0.15) is 28.9 Å². The number of amides is 2. The minimum atomic E-state index is -0.473. The minimum absolute atomic E-state index is 0.0185. The van der Waals surface area contributed by atoms with Gasteiger partial charge in [0.1, 0.15) is 0 Å². The molecule has 1 aromatic heterocycles. The zero-order valence-corrected chi connectivity index (χ0v) is 17.0. The Balaban J connectivity index is 1.57. The zero-order valence-electron chi connectivity index (χ0n) is 17.0. The van der Waals surface area contributed by atoms with Gasteiger partial charge in [-0.3, -0.25) is 19.5 Å². The molecule has 1 aliphatic heterocycles.